The summed E-state index contributed by atoms with van der Waals surface area (Å²) >= 11 is 1.66. The van der Waals surface area contributed by atoms with Gasteiger partial charge < -0.3 is 9.47 Å². The van der Waals surface area contributed by atoms with Crippen LogP contribution in [0.4, 0.5) is 0 Å². The molecule has 0 fully saturated rings. The summed E-state index contributed by atoms with van der Waals surface area (Å²) < 4.78 is 10.5. The Morgan fingerprint density at radius 3 is 1.96 bits per heavy atom. The van der Waals surface area contributed by atoms with Gasteiger partial charge in [-0.1, -0.05) is 40.5 Å². The largest absolute Gasteiger partial charge is 0.466 e. The van der Waals surface area contributed by atoms with Gasteiger partial charge in [-0.2, -0.15) is 11.8 Å². The average molecular weight is 347 g/mol. The van der Waals surface area contributed by atoms with Crippen LogP contribution in [0, 0.1) is 5.41 Å². The van der Waals surface area contributed by atoms with Gasteiger partial charge in [0, 0.05) is 11.5 Å². The van der Waals surface area contributed by atoms with Crippen molar-refractivity contribution in [2.75, 3.05) is 24.7 Å². The summed E-state index contributed by atoms with van der Waals surface area (Å²) in [6.45, 7) is 9.16. The Labute approximate surface area is 146 Å². The van der Waals surface area contributed by atoms with Crippen molar-refractivity contribution < 1.29 is 19.1 Å². The molecule has 0 amide bonds. The molecule has 0 aromatic rings. The van der Waals surface area contributed by atoms with E-state index in [9.17, 15) is 9.59 Å². The number of hydrogen-bond donors (Lipinski definition) is 0. The van der Waals surface area contributed by atoms with Crippen LogP contribution in [-0.2, 0) is 19.1 Å². The van der Waals surface area contributed by atoms with Crippen LogP contribution in [0.15, 0.2) is 0 Å². The van der Waals surface area contributed by atoms with Crippen molar-refractivity contribution in [3.05, 3.63) is 0 Å². The third-order valence-corrected chi connectivity index (χ3v) is 4.87. The van der Waals surface area contributed by atoms with Crippen LogP contribution in [0.1, 0.15) is 72.6 Å². The first-order valence-electron chi connectivity index (χ1n) is 8.96. The molecule has 0 aliphatic rings. The predicted molar refractivity (Wildman–Crippen MR) is 96.7 cm³/mol. The van der Waals surface area contributed by atoms with Gasteiger partial charge in [-0.05, 0) is 25.7 Å². The normalized spacial score (nSPS) is 11.3. The van der Waals surface area contributed by atoms with Crippen LogP contribution >= 0.6 is 11.8 Å². The van der Waals surface area contributed by atoms with Crippen LogP contribution in [0.2, 0.25) is 0 Å². The number of esters is 2. The van der Waals surface area contributed by atoms with E-state index in [1.54, 1.807) is 11.8 Å². The molecule has 23 heavy (non-hydrogen) atoms. The van der Waals surface area contributed by atoms with E-state index in [4.69, 9.17) is 9.47 Å². The highest BCUT2D eigenvalue weighted by Gasteiger charge is 2.38. The highest BCUT2D eigenvalue weighted by molar-refractivity contribution is 7.99. The highest BCUT2D eigenvalue weighted by atomic mass is 32.2. The Morgan fingerprint density at radius 1 is 0.870 bits per heavy atom. The monoisotopic (exact) mass is 346 g/mol. The van der Waals surface area contributed by atoms with Gasteiger partial charge in [0.25, 0.3) is 0 Å². The Hall–Kier alpha value is -0.710. The van der Waals surface area contributed by atoms with Gasteiger partial charge in [-0.3, -0.25) is 9.59 Å². The number of carbonyl (C=O) groups excluding carboxylic acids is 2. The lowest BCUT2D eigenvalue weighted by Crippen LogP contribution is -2.36. The van der Waals surface area contributed by atoms with Gasteiger partial charge in [0.05, 0.1) is 25.0 Å². The topological polar surface area (TPSA) is 52.6 Å². The fraction of sp³-hybridized carbons (Fsp3) is 0.889. The van der Waals surface area contributed by atoms with E-state index in [-0.39, 0.29) is 11.9 Å². The van der Waals surface area contributed by atoms with E-state index in [1.165, 1.54) is 0 Å². The van der Waals surface area contributed by atoms with Crippen molar-refractivity contribution in [1.29, 1.82) is 0 Å². The Balaban J connectivity index is 4.50. The minimum absolute atomic E-state index is 0.0656. The SMILES string of the molecule is CCCOC(=O)CCSCC(CCC)(CCC)C(=O)OCCC. The van der Waals surface area contributed by atoms with Gasteiger partial charge in [0.15, 0.2) is 0 Å². The van der Waals surface area contributed by atoms with Gasteiger partial charge in [-0.15, -0.1) is 0 Å². The summed E-state index contributed by atoms with van der Waals surface area (Å²) in [4.78, 5) is 24.1. The molecule has 0 atom stereocenters. The van der Waals surface area contributed by atoms with Crippen molar-refractivity contribution in [3.8, 4) is 0 Å². The molecule has 0 heterocycles. The molecule has 5 heteroatoms. The first-order chi connectivity index (χ1) is 11.1. The molecule has 0 radical (unpaired) electrons. The Kier molecular flexibility index (Phi) is 13.3. The molecule has 0 N–H and O–H groups in total. The Bertz CT molecular complexity index is 325. The highest BCUT2D eigenvalue weighted by Crippen LogP contribution is 2.35. The summed E-state index contributed by atoms with van der Waals surface area (Å²) in [5.41, 5.74) is -0.406. The third kappa shape index (κ3) is 9.23. The van der Waals surface area contributed by atoms with Gasteiger partial charge in [0.1, 0.15) is 0 Å². The van der Waals surface area contributed by atoms with E-state index in [1.807, 2.05) is 13.8 Å². The molecule has 0 aliphatic carbocycles. The lowest BCUT2D eigenvalue weighted by atomic mass is 9.81. The third-order valence-electron chi connectivity index (χ3n) is 3.62. The van der Waals surface area contributed by atoms with Crippen LogP contribution in [0.25, 0.3) is 0 Å². The second-order valence-corrected chi connectivity index (χ2v) is 7.04. The molecule has 0 bridgehead atoms. The summed E-state index contributed by atoms with van der Waals surface area (Å²) in [6.07, 6.45) is 5.70. The average Bonchev–Trinajstić information content (AvgIpc) is 2.54. The number of thioether (sulfide) groups is 1. The quantitative estimate of drug-likeness (QED) is 0.340. The van der Waals surface area contributed by atoms with Gasteiger partial charge in [0.2, 0.25) is 0 Å². The van der Waals surface area contributed by atoms with Gasteiger partial charge in [-0.25, -0.2) is 0 Å². The van der Waals surface area contributed by atoms with E-state index < -0.39 is 5.41 Å². The molecular formula is C18H34O4S. The maximum atomic E-state index is 12.5. The van der Waals surface area contributed by atoms with E-state index in [0.29, 0.717) is 25.4 Å². The molecule has 0 saturated carbocycles. The molecule has 0 aromatic heterocycles. The smallest absolute Gasteiger partial charge is 0.312 e. The molecular weight excluding hydrogens is 312 g/mol. The number of rotatable bonds is 14. The predicted octanol–water partition coefficient (Wildman–Crippen LogP) is 4.60. The second-order valence-electron chi connectivity index (χ2n) is 5.94. The van der Waals surface area contributed by atoms with E-state index in [2.05, 4.69) is 13.8 Å². The molecule has 0 spiro atoms. The number of ether oxygens (including phenoxy) is 2. The van der Waals surface area contributed by atoms with Crippen LogP contribution in [0.3, 0.4) is 0 Å². The second kappa shape index (κ2) is 13.7. The molecule has 0 aromatic carbocycles. The van der Waals surface area contributed by atoms with Crippen molar-refractivity contribution in [2.24, 2.45) is 5.41 Å². The first-order valence-corrected chi connectivity index (χ1v) is 10.1. The summed E-state index contributed by atoms with van der Waals surface area (Å²) in [7, 11) is 0. The molecule has 0 saturated heterocycles. The van der Waals surface area contributed by atoms with Crippen LogP contribution in [-0.4, -0.2) is 36.7 Å². The number of carbonyl (C=O) groups is 2. The maximum absolute atomic E-state index is 12.5. The minimum Gasteiger partial charge on any atom is -0.466 e. The summed E-state index contributed by atoms with van der Waals surface area (Å²) in [6, 6.07) is 0. The molecule has 0 aliphatic heterocycles. The molecule has 136 valence electrons. The number of hydrogen-bond acceptors (Lipinski definition) is 5. The van der Waals surface area contributed by atoms with Crippen molar-refractivity contribution in [3.63, 3.8) is 0 Å². The zero-order valence-electron chi connectivity index (χ0n) is 15.3. The zero-order chi connectivity index (χ0) is 17.6. The first kappa shape index (κ1) is 22.3. The Morgan fingerprint density at radius 2 is 1.43 bits per heavy atom. The van der Waals surface area contributed by atoms with E-state index in [0.717, 1.165) is 44.3 Å². The van der Waals surface area contributed by atoms with Crippen molar-refractivity contribution in [2.45, 2.75) is 72.6 Å². The van der Waals surface area contributed by atoms with Crippen LogP contribution in [0.5, 0.6) is 0 Å². The van der Waals surface area contributed by atoms with Crippen LogP contribution < -0.4 is 0 Å². The fourth-order valence-electron chi connectivity index (χ4n) is 2.55. The van der Waals surface area contributed by atoms with Crippen molar-refractivity contribution in [1.82, 2.24) is 0 Å². The molecule has 4 nitrogen and oxygen atoms in total. The summed E-state index contributed by atoms with van der Waals surface area (Å²) in [5, 5.41) is 0. The molecule has 0 unspecified atom stereocenters. The van der Waals surface area contributed by atoms with Gasteiger partial charge >= 0.3 is 11.9 Å². The minimum atomic E-state index is -0.406. The molecule has 0 rings (SSSR count). The lowest BCUT2D eigenvalue weighted by molar-refractivity contribution is -0.155. The maximum Gasteiger partial charge on any atom is 0.312 e. The zero-order valence-corrected chi connectivity index (χ0v) is 16.1. The lowest BCUT2D eigenvalue weighted by Gasteiger charge is -2.31. The standard InChI is InChI=1S/C18H34O4S/c1-5-10-18(11-6-2,17(20)22-13-8-4)15-23-14-9-16(19)21-12-7-3/h5-15H2,1-4H3. The van der Waals surface area contributed by atoms with E-state index >= 15 is 0 Å². The summed E-state index contributed by atoms with van der Waals surface area (Å²) in [5.74, 6) is 1.20. The fourth-order valence-corrected chi connectivity index (χ4v) is 3.80. The van der Waals surface area contributed by atoms with Crippen molar-refractivity contribution >= 4 is 23.7 Å².